The Morgan fingerprint density at radius 3 is 2.62 bits per heavy atom. The number of fused-ring (bicyclic) bond motifs is 1. The molecule has 0 aromatic carbocycles. The number of hydrogen-bond acceptors (Lipinski definition) is 5. The molecule has 16 heavy (non-hydrogen) atoms. The summed E-state index contributed by atoms with van der Waals surface area (Å²) in [7, 11) is -3.94. The summed E-state index contributed by atoms with van der Waals surface area (Å²) in [6.07, 6.45) is -0.233. The number of carbonyl (C=O) groups is 2. The Labute approximate surface area is 91.2 Å². The first kappa shape index (κ1) is 10.9. The molecular formula is C8H8N2O5S. The van der Waals surface area contributed by atoms with Crippen molar-refractivity contribution >= 4 is 21.7 Å². The van der Waals surface area contributed by atoms with E-state index < -0.39 is 37.9 Å². The summed E-state index contributed by atoms with van der Waals surface area (Å²) < 4.78 is 21.7. The predicted molar refractivity (Wildman–Crippen MR) is 49.6 cm³/mol. The van der Waals surface area contributed by atoms with Crippen molar-refractivity contribution in [2.24, 2.45) is 0 Å². The molecule has 2 saturated heterocycles. The fourth-order valence-corrected chi connectivity index (χ4v) is 4.27. The highest BCUT2D eigenvalue weighted by Crippen LogP contribution is 2.45. The lowest BCUT2D eigenvalue weighted by Crippen LogP contribution is -2.57. The highest BCUT2D eigenvalue weighted by molar-refractivity contribution is 7.94. The van der Waals surface area contributed by atoms with Gasteiger partial charge in [-0.15, -0.1) is 0 Å². The van der Waals surface area contributed by atoms with Crippen LogP contribution in [0.2, 0.25) is 0 Å². The minimum atomic E-state index is -3.94. The number of β-lactam (4-membered cyclic amide) rings is 1. The van der Waals surface area contributed by atoms with Crippen LogP contribution < -0.4 is 0 Å². The second kappa shape index (κ2) is 2.74. The first-order valence-electron chi connectivity index (χ1n) is 4.46. The van der Waals surface area contributed by atoms with Crippen LogP contribution in [0.4, 0.5) is 0 Å². The zero-order valence-electron chi connectivity index (χ0n) is 8.24. The number of nitriles is 1. The van der Waals surface area contributed by atoms with E-state index >= 15 is 0 Å². The highest BCUT2D eigenvalue weighted by Gasteiger charge is 2.70. The van der Waals surface area contributed by atoms with Gasteiger partial charge in [0.15, 0.2) is 20.6 Å². The van der Waals surface area contributed by atoms with Gasteiger partial charge in [0.05, 0.1) is 12.5 Å². The molecule has 2 aliphatic rings. The van der Waals surface area contributed by atoms with Gasteiger partial charge in [-0.2, -0.15) is 5.26 Å². The Kier molecular flexibility index (Phi) is 1.86. The average Bonchev–Trinajstić information content (AvgIpc) is 2.32. The van der Waals surface area contributed by atoms with Crippen molar-refractivity contribution in [3.8, 4) is 6.07 Å². The fourth-order valence-electron chi connectivity index (χ4n) is 2.15. The van der Waals surface area contributed by atoms with Crippen LogP contribution in [0.25, 0.3) is 0 Å². The number of carbonyl (C=O) groups excluding carboxylic acids is 1. The standard InChI is InChI=1S/C8H8N2O5S/c1-8(3-9)6(7(12)13)10-4(11)2-5(10)16(8,14)15/h5-6H,2H2,1H3,(H,12,13)/t5-,6+,8+/m1/s1. The van der Waals surface area contributed by atoms with Crippen LogP contribution in [0, 0.1) is 11.3 Å². The Morgan fingerprint density at radius 2 is 2.25 bits per heavy atom. The van der Waals surface area contributed by atoms with Crippen molar-refractivity contribution in [3.63, 3.8) is 0 Å². The number of hydrogen-bond donors (Lipinski definition) is 1. The number of aliphatic carboxylic acids is 1. The van der Waals surface area contributed by atoms with E-state index in [4.69, 9.17) is 10.4 Å². The Balaban J connectivity index is 2.65. The summed E-state index contributed by atoms with van der Waals surface area (Å²) in [5, 5.41) is 16.7. The molecular weight excluding hydrogens is 236 g/mol. The monoisotopic (exact) mass is 244 g/mol. The van der Waals surface area contributed by atoms with Crippen LogP contribution in [0.1, 0.15) is 13.3 Å². The third-order valence-corrected chi connectivity index (χ3v) is 5.76. The molecule has 0 aromatic rings. The number of nitrogens with zero attached hydrogens (tertiary/aromatic N) is 2. The molecule has 1 N–H and O–H groups in total. The molecule has 1 amide bonds. The topological polar surface area (TPSA) is 116 Å². The van der Waals surface area contributed by atoms with Gasteiger partial charge >= 0.3 is 5.97 Å². The van der Waals surface area contributed by atoms with Crippen LogP contribution in [0.5, 0.6) is 0 Å². The highest BCUT2D eigenvalue weighted by atomic mass is 32.2. The number of sulfone groups is 1. The molecule has 0 radical (unpaired) electrons. The summed E-state index contributed by atoms with van der Waals surface area (Å²) >= 11 is 0. The molecule has 0 aliphatic carbocycles. The summed E-state index contributed by atoms with van der Waals surface area (Å²) in [4.78, 5) is 23.0. The van der Waals surface area contributed by atoms with E-state index in [1.807, 2.05) is 0 Å². The Bertz CT molecular complexity index is 533. The van der Waals surface area contributed by atoms with Gasteiger partial charge in [-0.05, 0) is 6.92 Å². The average molecular weight is 244 g/mol. The maximum Gasteiger partial charge on any atom is 0.329 e. The van der Waals surface area contributed by atoms with Gasteiger partial charge in [-0.25, -0.2) is 13.2 Å². The number of carboxylic acid groups (broad SMARTS) is 1. The number of rotatable bonds is 1. The molecule has 3 atom stereocenters. The molecule has 0 bridgehead atoms. The van der Waals surface area contributed by atoms with Crippen LogP contribution in [-0.4, -0.2) is 46.5 Å². The van der Waals surface area contributed by atoms with E-state index in [1.54, 1.807) is 0 Å². The zero-order chi connectivity index (χ0) is 12.3. The van der Waals surface area contributed by atoms with Crippen LogP contribution >= 0.6 is 0 Å². The molecule has 0 aromatic heterocycles. The lowest BCUT2D eigenvalue weighted by molar-refractivity contribution is -0.156. The number of amides is 1. The SMILES string of the molecule is C[C@]1(C#N)[C@H](C(=O)O)N2C(=O)C[C@H]2S1(=O)=O. The molecule has 2 aliphatic heterocycles. The molecule has 7 nitrogen and oxygen atoms in total. The van der Waals surface area contributed by atoms with E-state index in [-0.39, 0.29) is 6.42 Å². The fraction of sp³-hybridized carbons (Fsp3) is 0.625. The second-order valence-electron chi connectivity index (χ2n) is 3.96. The lowest BCUT2D eigenvalue weighted by Gasteiger charge is -2.34. The maximum atomic E-state index is 11.9. The van der Waals surface area contributed by atoms with Crippen LogP contribution in [0.15, 0.2) is 0 Å². The third kappa shape index (κ3) is 0.893. The third-order valence-electron chi connectivity index (χ3n) is 3.15. The Hall–Kier alpha value is -1.62. The first-order chi connectivity index (χ1) is 7.27. The van der Waals surface area contributed by atoms with Gasteiger partial charge in [-0.1, -0.05) is 0 Å². The molecule has 2 fully saturated rings. The normalized spacial score (nSPS) is 39.8. The molecule has 2 rings (SSSR count). The van der Waals surface area contributed by atoms with Crippen molar-refractivity contribution in [2.75, 3.05) is 0 Å². The van der Waals surface area contributed by atoms with E-state index in [1.165, 1.54) is 6.07 Å². The molecule has 2 heterocycles. The quantitative estimate of drug-likeness (QED) is 0.574. The van der Waals surface area contributed by atoms with Crippen molar-refractivity contribution in [3.05, 3.63) is 0 Å². The van der Waals surface area contributed by atoms with Gasteiger partial charge in [0, 0.05) is 0 Å². The van der Waals surface area contributed by atoms with E-state index in [9.17, 15) is 18.0 Å². The van der Waals surface area contributed by atoms with Gasteiger partial charge in [0.25, 0.3) is 0 Å². The summed E-state index contributed by atoms with van der Waals surface area (Å²) in [5.74, 6) is -2.01. The van der Waals surface area contributed by atoms with E-state index in [0.29, 0.717) is 0 Å². The predicted octanol–water partition coefficient (Wildman–Crippen LogP) is -1.29. The molecule has 0 unspecified atom stereocenters. The van der Waals surface area contributed by atoms with Gasteiger partial charge in [0.1, 0.15) is 5.37 Å². The maximum absolute atomic E-state index is 11.9. The second-order valence-corrected chi connectivity index (χ2v) is 6.45. The van der Waals surface area contributed by atoms with Crippen molar-refractivity contribution in [1.29, 1.82) is 5.26 Å². The summed E-state index contributed by atoms with van der Waals surface area (Å²) in [5.41, 5.74) is 0. The van der Waals surface area contributed by atoms with Gasteiger partial charge < -0.3 is 10.0 Å². The molecule has 0 saturated carbocycles. The van der Waals surface area contributed by atoms with Crippen molar-refractivity contribution in [2.45, 2.75) is 29.5 Å². The minimum Gasteiger partial charge on any atom is -0.480 e. The lowest BCUT2D eigenvalue weighted by atomic mass is 9.98. The zero-order valence-corrected chi connectivity index (χ0v) is 9.06. The van der Waals surface area contributed by atoms with Crippen LogP contribution in [-0.2, 0) is 19.4 Å². The minimum absolute atomic E-state index is 0.233. The summed E-state index contributed by atoms with van der Waals surface area (Å²) in [6.45, 7) is 1.05. The molecule has 8 heteroatoms. The smallest absolute Gasteiger partial charge is 0.329 e. The van der Waals surface area contributed by atoms with Gasteiger partial charge in [0.2, 0.25) is 5.91 Å². The van der Waals surface area contributed by atoms with Crippen molar-refractivity contribution < 1.29 is 23.1 Å². The first-order valence-corrected chi connectivity index (χ1v) is 6.00. The van der Waals surface area contributed by atoms with Crippen molar-refractivity contribution in [1.82, 2.24) is 4.90 Å². The van der Waals surface area contributed by atoms with Gasteiger partial charge in [-0.3, -0.25) is 4.79 Å². The Morgan fingerprint density at radius 1 is 1.69 bits per heavy atom. The summed E-state index contributed by atoms with van der Waals surface area (Å²) in [6, 6.07) is -0.0823. The van der Waals surface area contributed by atoms with E-state index in [2.05, 4.69) is 0 Å². The van der Waals surface area contributed by atoms with E-state index in [0.717, 1.165) is 11.8 Å². The largest absolute Gasteiger partial charge is 0.480 e. The molecule has 0 spiro atoms. The van der Waals surface area contributed by atoms with Crippen LogP contribution in [0.3, 0.4) is 0 Å². The molecule has 86 valence electrons. The number of carboxylic acids is 1.